The zero-order valence-corrected chi connectivity index (χ0v) is 16.5. The molecule has 0 atom stereocenters. The number of nitrogens with two attached hydrogens (primary N) is 1. The Morgan fingerprint density at radius 2 is 1.43 bits per heavy atom. The average molecular weight is 398 g/mol. The highest BCUT2D eigenvalue weighted by molar-refractivity contribution is 5.92. The number of primary amides is 1. The number of hydrogen-bond acceptors (Lipinski definition) is 3. The molecule has 2 amide bonds. The maximum Gasteiger partial charge on any atom is 0.255 e. The van der Waals surface area contributed by atoms with Crippen molar-refractivity contribution in [3.05, 3.63) is 95.6 Å². The van der Waals surface area contributed by atoms with Crippen LogP contribution in [0.15, 0.2) is 78.9 Å². The van der Waals surface area contributed by atoms with Crippen LogP contribution in [-0.4, -0.2) is 23.3 Å². The number of fused-ring (bicyclic) bond motifs is 3. The van der Waals surface area contributed by atoms with Gasteiger partial charge in [0.1, 0.15) is 5.75 Å². The summed E-state index contributed by atoms with van der Waals surface area (Å²) in [6, 6.07) is 23.6. The van der Waals surface area contributed by atoms with E-state index in [0.29, 0.717) is 18.8 Å². The van der Waals surface area contributed by atoms with Crippen molar-refractivity contribution < 1.29 is 14.3 Å². The smallest absolute Gasteiger partial charge is 0.255 e. The molecule has 3 aromatic rings. The first-order valence-corrected chi connectivity index (χ1v) is 9.74. The number of nitrogens with zero attached hydrogens (tertiary/aromatic N) is 1. The molecule has 4 rings (SSSR count). The van der Waals surface area contributed by atoms with Crippen LogP contribution in [0.3, 0.4) is 0 Å². The summed E-state index contributed by atoms with van der Waals surface area (Å²) in [6.07, 6.45) is 3.37. The fourth-order valence-corrected chi connectivity index (χ4v) is 3.57. The molecule has 2 N–H and O–H groups in total. The molecule has 0 unspecified atom stereocenters. The van der Waals surface area contributed by atoms with Crippen LogP contribution in [0, 0.1) is 0 Å². The summed E-state index contributed by atoms with van der Waals surface area (Å²) in [4.78, 5) is 25.6. The van der Waals surface area contributed by atoms with Gasteiger partial charge >= 0.3 is 0 Å². The Morgan fingerprint density at radius 1 is 0.867 bits per heavy atom. The summed E-state index contributed by atoms with van der Waals surface area (Å²) in [6.45, 7) is 0.966. The molecule has 0 aliphatic carbocycles. The van der Waals surface area contributed by atoms with Crippen LogP contribution in [0.2, 0.25) is 0 Å². The fourth-order valence-electron chi connectivity index (χ4n) is 3.57. The molecule has 3 aromatic carbocycles. The number of ether oxygens (including phenoxy) is 1. The maximum absolute atomic E-state index is 13.0. The summed E-state index contributed by atoms with van der Waals surface area (Å²) in [7, 11) is 0. The van der Waals surface area contributed by atoms with E-state index >= 15 is 0 Å². The third-order valence-corrected chi connectivity index (χ3v) is 5.04. The van der Waals surface area contributed by atoms with E-state index in [9.17, 15) is 9.59 Å². The van der Waals surface area contributed by atoms with Crippen molar-refractivity contribution in [2.75, 3.05) is 6.61 Å². The first-order valence-electron chi connectivity index (χ1n) is 9.74. The van der Waals surface area contributed by atoms with E-state index < -0.39 is 5.91 Å². The van der Waals surface area contributed by atoms with Gasteiger partial charge in [-0.2, -0.15) is 0 Å². The van der Waals surface area contributed by atoms with Crippen molar-refractivity contribution in [1.29, 1.82) is 0 Å². The van der Waals surface area contributed by atoms with Gasteiger partial charge in [-0.3, -0.25) is 9.59 Å². The summed E-state index contributed by atoms with van der Waals surface area (Å²) in [5.41, 5.74) is 10.6. The van der Waals surface area contributed by atoms with Crippen molar-refractivity contribution in [2.24, 2.45) is 5.73 Å². The van der Waals surface area contributed by atoms with E-state index in [1.165, 1.54) is 11.1 Å². The normalized spacial score (nSPS) is 12.7. The Labute approximate surface area is 175 Å². The molecule has 0 saturated carbocycles. The second-order valence-electron chi connectivity index (χ2n) is 7.17. The summed E-state index contributed by atoms with van der Waals surface area (Å²) >= 11 is 0. The molecule has 1 aliphatic heterocycles. The maximum atomic E-state index is 13.0. The highest BCUT2D eigenvalue weighted by Crippen LogP contribution is 2.32. The van der Waals surface area contributed by atoms with E-state index in [0.717, 1.165) is 16.7 Å². The largest absolute Gasteiger partial charge is 0.484 e. The third kappa shape index (κ3) is 4.41. The molecule has 1 heterocycles. The van der Waals surface area contributed by atoms with Crippen molar-refractivity contribution in [1.82, 2.24) is 4.90 Å². The molecule has 5 nitrogen and oxygen atoms in total. The van der Waals surface area contributed by atoms with Gasteiger partial charge in [-0.15, -0.1) is 0 Å². The Morgan fingerprint density at radius 3 is 2.00 bits per heavy atom. The van der Waals surface area contributed by atoms with Gasteiger partial charge in [0.2, 0.25) is 5.91 Å². The van der Waals surface area contributed by atoms with E-state index in [1.54, 1.807) is 24.3 Å². The quantitative estimate of drug-likeness (QED) is 0.665. The minimum absolute atomic E-state index is 0.0458. The van der Waals surface area contributed by atoms with Crippen LogP contribution >= 0.6 is 0 Å². The van der Waals surface area contributed by atoms with Gasteiger partial charge < -0.3 is 15.4 Å². The molecule has 0 fully saturated rings. The van der Waals surface area contributed by atoms with Crippen LogP contribution in [0.4, 0.5) is 0 Å². The van der Waals surface area contributed by atoms with Crippen LogP contribution in [0.25, 0.3) is 17.2 Å². The van der Waals surface area contributed by atoms with Crippen molar-refractivity contribution in [2.45, 2.75) is 13.1 Å². The SMILES string of the molecule is NC(=O)COc1ccc(C=CC(=O)N2Cc3ccccc3-c3ccccc3C2)cc1. The Balaban J connectivity index is 1.51. The Bertz CT molecular complexity index is 1060. The second kappa shape index (κ2) is 8.66. The van der Waals surface area contributed by atoms with Crippen LogP contribution in [0.1, 0.15) is 16.7 Å². The topological polar surface area (TPSA) is 72.6 Å². The number of benzene rings is 3. The number of rotatable bonds is 5. The van der Waals surface area contributed by atoms with E-state index in [2.05, 4.69) is 24.3 Å². The lowest BCUT2D eigenvalue weighted by Gasteiger charge is -2.19. The van der Waals surface area contributed by atoms with Gasteiger partial charge in [0.25, 0.3) is 5.91 Å². The van der Waals surface area contributed by atoms with Gasteiger partial charge in [-0.05, 0) is 46.0 Å². The number of carbonyl (C=O) groups excluding carboxylic acids is 2. The molecule has 150 valence electrons. The zero-order valence-electron chi connectivity index (χ0n) is 16.5. The minimum atomic E-state index is -0.523. The highest BCUT2D eigenvalue weighted by atomic mass is 16.5. The molecule has 5 heteroatoms. The molecule has 30 heavy (non-hydrogen) atoms. The third-order valence-electron chi connectivity index (χ3n) is 5.04. The summed E-state index contributed by atoms with van der Waals surface area (Å²) in [5.74, 6) is -0.0151. The molecular weight excluding hydrogens is 376 g/mol. The van der Waals surface area contributed by atoms with Crippen molar-refractivity contribution >= 4 is 17.9 Å². The molecule has 0 radical (unpaired) electrons. The average Bonchev–Trinajstić information content (AvgIpc) is 2.94. The van der Waals surface area contributed by atoms with Gasteiger partial charge in [0, 0.05) is 19.2 Å². The predicted octanol–water partition coefficient (Wildman–Crippen LogP) is 3.77. The number of amides is 2. The monoisotopic (exact) mass is 398 g/mol. The molecule has 0 bridgehead atoms. The van der Waals surface area contributed by atoms with Gasteiger partial charge in [0.05, 0.1) is 0 Å². The lowest BCUT2D eigenvalue weighted by atomic mass is 9.97. The lowest BCUT2D eigenvalue weighted by molar-refractivity contribution is -0.127. The first-order chi connectivity index (χ1) is 14.6. The van der Waals surface area contributed by atoms with Gasteiger partial charge in [0.15, 0.2) is 6.61 Å². The van der Waals surface area contributed by atoms with Gasteiger partial charge in [-0.25, -0.2) is 0 Å². The van der Waals surface area contributed by atoms with Crippen LogP contribution in [0.5, 0.6) is 5.75 Å². The van der Waals surface area contributed by atoms with Crippen LogP contribution in [-0.2, 0) is 22.7 Å². The summed E-state index contributed by atoms with van der Waals surface area (Å²) < 4.78 is 5.25. The van der Waals surface area contributed by atoms with Crippen molar-refractivity contribution in [3.8, 4) is 16.9 Å². The number of carbonyl (C=O) groups is 2. The van der Waals surface area contributed by atoms with E-state index in [4.69, 9.17) is 10.5 Å². The van der Waals surface area contributed by atoms with E-state index in [-0.39, 0.29) is 12.5 Å². The van der Waals surface area contributed by atoms with Crippen LogP contribution < -0.4 is 10.5 Å². The van der Waals surface area contributed by atoms with E-state index in [1.807, 2.05) is 41.3 Å². The lowest BCUT2D eigenvalue weighted by Crippen LogP contribution is -2.27. The second-order valence-corrected chi connectivity index (χ2v) is 7.17. The summed E-state index contributed by atoms with van der Waals surface area (Å²) in [5, 5.41) is 0. The highest BCUT2D eigenvalue weighted by Gasteiger charge is 2.21. The Hall–Kier alpha value is -3.86. The predicted molar refractivity (Wildman–Crippen MR) is 116 cm³/mol. The molecule has 0 saturated heterocycles. The molecule has 0 spiro atoms. The molecule has 0 aromatic heterocycles. The molecular formula is C25H22N2O3. The standard InChI is InChI=1S/C25H22N2O3/c26-24(28)17-30-21-12-9-18(10-13-21)11-14-25(29)27-15-19-5-1-3-7-22(19)23-8-4-2-6-20(23)16-27/h1-14H,15-17H2,(H2,26,28). The minimum Gasteiger partial charge on any atom is -0.484 e. The van der Waals surface area contributed by atoms with Crippen molar-refractivity contribution in [3.63, 3.8) is 0 Å². The van der Waals surface area contributed by atoms with Gasteiger partial charge in [-0.1, -0.05) is 60.7 Å². The number of hydrogen-bond donors (Lipinski definition) is 1. The zero-order chi connectivity index (χ0) is 20.9. The Kier molecular flexibility index (Phi) is 5.61. The molecule has 1 aliphatic rings. The fraction of sp³-hybridized carbons (Fsp3) is 0.120. The first kappa shape index (κ1) is 19.5.